The van der Waals surface area contributed by atoms with Crippen LogP contribution in [0.1, 0.15) is 69.7 Å². The first-order valence-electron chi connectivity index (χ1n) is 9.48. The van der Waals surface area contributed by atoms with E-state index in [-0.39, 0.29) is 5.78 Å². The number of hydrogen-bond donors (Lipinski definition) is 1. The quantitative estimate of drug-likeness (QED) is 0.789. The van der Waals surface area contributed by atoms with Crippen molar-refractivity contribution in [2.45, 2.75) is 38.7 Å². The zero-order chi connectivity index (χ0) is 20.4. The van der Waals surface area contributed by atoms with Gasteiger partial charge in [-0.25, -0.2) is 4.79 Å². The Morgan fingerprint density at radius 1 is 1.14 bits per heavy atom. The normalized spacial score (nSPS) is 17.2. The summed E-state index contributed by atoms with van der Waals surface area (Å²) in [5, 5.41) is 10.8. The van der Waals surface area contributed by atoms with Crippen LogP contribution in [0.15, 0.2) is 36.4 Å². The second kappa shape index (κ2) is 8.15. The topological polar surface area (TPSA) is 72.8 Å². The number of rotatable bonds is 5. The summed E-state index contributed by atoms with van der Waals surface area (Å²) in [4.78, 5) is 24.7. The van der Waals surface area contributed by atoms with Crippen LogP contribution in [0, 0.1) is 5.92 Å². The van der Waals surface area contributed by atoms with Gasteiger partial charge < -0.3 is 14.6 Å². The van der Waals surface area contributed by atoms with E-state index in [0.29, 0.717) is 34.8 Å². The first-order chi connectivity index (χ1) is 13.4. The second-order valence-corrected chi connectivity index (χ2v) is 7.47. The van der Waals surface area contributed by atoms with Crippen LogP contribution in [0.25, 0.3) is 0 Å². The minimum atomic E-state index is -0.928. The number of carbonyl (C=O) groups excluding carboxylic acids is 2. The van der Waals surface area contributed by atoms with Gasteiger partial charge in [-0.15, -0.1) is 0 Å². The van der Waals surface area contributed by atoms with Crippen molar-refractivity contribution in [3.05, 3.63) is 64.2 Å². The van der Waals surface area contributed by atoms with E-state index >= 15 is 0 Å². The molecule has 1 aliphatic rings. The fraction of sp³-hybridized carbons (Fsp3) is 0.391. The molecular formula is C23H26O5. The molecular weight excluding hydrogens is 356 g/mol. The van der Waals surface area contributed by atoms with Gasteiger partial charge in [0.15, 0.2) is 5.78 Å². The Bertz CT molecular complexity index is 883. The van der Waals surface area contributed by atoms with Gasteiger partial charge >= 0.3 is 5.97 Å². The molecule has 1 aliphatic carbocycles. The van der Waals surface area contributed by atoms with Crippen molar-refractivity contribution in [3.8, 4) is 5.75 Å². The number of fused-ring (bicyclic) bond motifs is 1. The Morgan fingerprint density at radius 2 is 1.82 bits per heavy atom. The van der Waals surface area contributed by atoms with Crippen LogP contribution in [0.5, 0.6) is 5.75 Å². The van der Waals surface area contributed by atoms with Gasteiger partial charge in [0.1, 0.15) is 5.75 Å². The van der Waals surface area contributed by atoms with Gasteiger partial charge in [-0.1, -0.05) is 32.0 Å². The maximum Gasteiger partial charge on any atom is 0.337 e. The molecule has 2 unspecified atom stereocenters. The van der Waals surface area contributed by atoms with Crippen LogP contribution in [0.4, 0.5) is 0 Å². The molecule has 5 heteroatoms. The van der Waals surface area contributed by atoms with Gasteiger partial charge in [0.25, 0.3) is 0 Å². The van der Waals surface area contributed by atoms with Crippen LogP contribution in [0.2, 0.25) is 0 Å². The number of carbonyl (C=O) groups is 2. The number of esters is 1. The van der Waals surface area contributed by atoms with Crippen molar-refractivity contribution in [2.24, 2.45) is 5.92 Å². The van der Waals surface area contributed by atoms with Gasteiger partial charge in [-0.05, 0) is 53.6 Å². The first kappa shape index (κ1) is 20.1. The van der Waals surface area contributed by atoms with E-state index in [2.05, 4.69) is 24.7 Å². The van der Waals surface area contributed by atoms with E-state index in [4.69, 9.17) is 4.74 Å². The van der Waals surface area contributed by atoms with Gasteiger partial charge in [0.2, 0.25) is 0 Å². The third kappa shape index (κ3) is 3.67. The van der Waals surface area contributed by atoms with Crippen LogP contribution >= 0.6 is 0 Å². The molecule has 0 aromatic heterocycles. The van der Waals surface area contributed by atoms with Crippen LogP contribution in [0.3, 0.4) is 0 Å². The number of aliphatic hydroxyl groups excluding tert-OH is 1. The molecule has 0 spiro atoms. The summed E-state index contributed by atoms with van der Waals surface area (Å²) < 4.78 is 10.2. The van der Waals surface area contributed by atoms with Gasteiger partial charge in [0.05, 0.1) is 31.8 Å². The van der Waals surface area contributed by atoms with Crippen molar-refractivity contribution in [1.29, 1.82) is 0 Å². The molecule has 0 aliphatic heterocycles. The average Bonchev–Trinajstić information content (AvgIpc) is 2.72. The Hall–Kier alpha value is -2.66. The van der Waals surface area contributed by atoms with Gasteiger partial charge in [0, 0.05) is 5.56 Å². The lowest BCUT2D eigenvalue weighted by Crippen LogP contribution is -2.28. The Kier molecular flexibility index (Phi) is 5.84. The Balaban J connectivity index is 1.88. The highest BCUT2D eigenvalue weighted by atomic mass is 16.5. The number of aliphatic hydroxyl groups is 1. The molecule has 0 radical (unpaired) electrons. The van der Waals surface area contributed by atoms with E-state index in [0.717, 1.165) is 17.5 Å². The molecule has 0 bridgehead atoms. The molecule has 0 fully saturated rings. The highest BCUT2D eigenvalue weighted by Gasteiger charge is 2.34. The Morgan fingerprint density at radius 3 is 2.39 bits per heavy atom. The second-order valence-electron chi connectivity index (χ2n) is 7.47. The maximum atomic E-state index is 13.1. The zero-order valence-electron chi connectivity index (χ0n) is 16.7. The number of ether oxygens (including phenoxy) is 2. The smallest absolute Gasteiger partial charge is 0.337 e. The molecule has 5 nitrogen and oxygen atoms in total. The molecule has 2 aromatic rings. The first-order valence-corrected chi connectivity index (χ1v) is 9.48. The number of hydrogen-bond acceptors (Lipinski definition) is 5. The summed E-state index contributed by atoms with van der Waals surface area (Å²) in [6.07, 6.45) is 0.380. The Labute approximate surface area is 165 Å². The number of ketones is 1. The fourth-order valence-corrected chi connectivity index (χ4v) is 3.82. The third-order valence-electron chi connectivity index (χ3n) is 5.46. The van der Waals surface area contributed by atoms with Crippen molar-refractivity contribution in [3.63, 3.8) is 0 Å². The minimum absolute atomic E-state index is 0.0700. The van der Waals surface area contributed by atoms with E-state index in [1.807, 2.05) is 6.07 Å². The van der Waals surface area contributed by atoms with E-state index in [9.17, 15) is 14.7 Å². The molecule has 148 valence electrons. The monoisotopic (exact) mass is 382 g/mol. The van der Waals surface area contributed by atoms with Crippen molar-refractivity contribution < 1.29 is 24.2 Å². The predicted octanol–water partition coefficient (Wildman–Crippen LogP) is 4.08. The van der Waals surface area contributed by atoms with Crippen LogP contribution < -0.4 is 4.74 Å². The lowest BCUT2D eigenvalue weighted by atomic mass is 9.77. The summed E-state index contributed by atoms with van der Waals surface area (Å²) in [5.41, 5.74) is 3.75. The molecule has 2 atom stereocenters. The minimum Gasteiger partial charge on any atom is -0.496 e. The molecule has 28 heavy (non-hydrogen) atoms. The molecule has 0 saturated carbocycles. The fourth-order valence-electron chi connectivity index (χ4n) is 3.82. The number of methoxy groups -OCH3 is 2. The summed E-state index contributed by atoms with van der Waals surface area (Å²) in [5.74, 6) is -0.0195. The third-order valence-corrected chi connectivity index (χ3v) is 5.46. The molecule has 1 N–H and O–H groups in total. The summed E-state index contributed by atoms with van der Waals surface area (Å²) in [7, 11) is 2.93. The highest BCUT2D eigenvalue weighted by Crippen LogP contribution is 2.38. The van der Waals surface area contributed by atoms with E-state index in [1.165, 1.54) is 7.11 Å². The number of benzene rings is 2. The number of Topliss-reactive ketones (excluding diaryl/α,β-unsaturated/α-hetero) is 1. The summed E-state index contributed by atoms with van der Waals surface area (Å²) in [6, 6.07) is 10.4. The van der Waals surface area contributed by atoms with Crippen molar-refractivity contribution in [1.82, 2.24) is 0 Å². The lowest BCUT2D eigenvalue weighted by Gasteiger charge is -2.29. The molecule has 0 amide bonds. The van der Waals surface area contributed by atoms with Crippen molar-refractivity contribution in [2.75, 3.05) is 14.2 Å². The SMILES string of the molecule is COC(=O)c1ccc(C(O)C2CCc3cc(C(C)C)c(OC)cc3C2=O)cc1. The average molecular weight is 382 g/mol. The molecule has 3 rings (SSSR count). The summed E-state index contributed by atoms with van der Waals surface area (Å²) in [6.45, 7) is 4.19. The van der Waals surface area contributed by atoms with E-state index in [1.54, 1.807) is 31.4 Å². The van der Waals surface area contributed by atoms with Gasteiger partial charge in [-0.2, -0.15) is 0 Å². The van der Waals surface area contributed by atoms with E-state index < -0.39 is 18.0 Å². The summed E-state index contributed by atoms with van der Waals surface area (Å²) >= 11 is 0. The van der Waals surface area contributed by atoms with Crippen molar-refractivity contribution >= 4 is 11.8 Å². The standard InChI is InChI=1S/C23H26O5/c1-13(2)18-11-16-9-10-17(22(25)19(16)12-20(18)27-3)21(24)14-5-7-15(8-6-14)23(26)28-4/h5-8,11-13,17,21,24H,9-10H2,1-4H3. The largest absolute Gasteiger partial charge is 0.496 e. The van der Waals surface area contributed by atoms with Crippen LogP contribution in [-0.4, -0.2) is 31.1 Å². The molecule has 2 aromatic carbocycles. The lowest BCUT2D eigenvalue weighted by molar-refractivity contribution is 0.0594. The van der Waals surface area contributed by atoms with Crippen LogP contribution in [-0.2, 0) is 11.2 Å². The molecule has 0 saturated heterocycles. The highest BCUT2D eigenvalue weighted by molar-refractivity contribution is 6.01. The predicted molar refractivity (Wildman–Crippen MR) is 106 cm³/mol. The zero-order valence-corrected chi connectivity index (χ0v) is 16.7. The maximum absolute atomic E-state index is 13.1. The number of aryl methyl sites for hydroxylation is 1. The molecule has 0 heterocycles. The van der Waals surface area contributed by atoms with Gasteiger partial charge in [-0.3, -0.25) is 4.79 Å².